The molecule has 2 saturated heterocycles. The van der Waals surface area contributed by atoms with Crippen LogP contribution in [-0.4, -0.2) is 69.9 Å². The Labute approximate surface area is 203 Å². The molecule has 1 amide bonds. The zero-order valence-electron chi connectivity index (χ0n) is 19.4. The van der Waals surface area contributed by atoms with Crippen LogP contribution in [0.4, 0.5) is 10.2 Å². The molecule has 10 heteroatoms. The van der Waals surface area contributed by atoms with Crippen LogP contribution in [0.2, 0.25) is 0 Å². The topological polar surface area (TPSA) is 79.3 Å². The van der Waals surface area contributed by atoms with Crippen molar-refractivity contribution in [1.82, 2.24) is 30.6 Å². The van der Waals surface area contributed by atoms with Crippen molar-refractivity contribution in [2.45, 2.75) is 37.5 Å². The summed E-state index contributed by atoms with van der Waals surface area (Å²) >= 11 is 0. The Bertz CT molecular complexity index is 1120. The van der Waals surface area contributed by atoms with Crippen LogP contribution in [0.5, 0.6) is 0 Å². The number of rotatable bonds is 5. The fraction of sp³-hybridized carbons (Fsp3) is 0.400. The number of piperazine rings is 1. The predicted molar refractivity (Wildman–Crippen MR) is 130 cm³/mol. The van der Waals surface area contributed by atoms with Crippen LogP contribution in [0.3, 0.4) is 0 Å². The first kappa shape index (κ1) is 21.8. The first-order valence-electron chi connectivity index (χ1n) is 12.2. The fourth-order valence-corrected chi connectivity index (χ4v) is 5.33. The van der Waals surface area contributed by atoms with Crippen LogP contribution in [0.25, 0.3) is 0 Å². The quantitative estimate of drug-likeness (QED) is 0.684. The molecule has 2 aromatic rings. The molecule has 182 valence electrons. The summed E-state index contributed by atoms with van der Waals surface area (Å²) in [7, 11) is 0. The van der Waals surface area contributed by atoms with E-state index in [0.29, 0.717) is 25.9 Å². The van der Waals surface area contributed by atoms with Gasteiger partial charge in [0.1, 0.15) is 23.6 Å². The molecule has 3 unspecified atom stereocenters. The van der Waals surface area contributed by atoms with Gasteiger partial charge >= 0.3 is 0 Å². The van der Waals surface area contributed by atoms with Crippen LogP contribution in [-0.2, 0) is 4.79 Å². The third-order valence-corrected chi connectivity index (χ3v) is 7.26. The van der Waals surface area contributed by atoms with Crippen LogP contribution in [0.1, 0.15) is 30.9 Å². The average Bonchev–Trinajstić information content (AvgIpc) is 3.52. The van der Waals surface area contributed by atoms with Gasteiger partial charge in [-0.3, -0.25) is 10.2 Å². The number of aromatic nitrogens is 1. The smallest absolute Gasteiger partial charge is 0.223 e. The van der Waals surface area contributed by atoms with Crippen molar-refractivity contribution in [2.24, 2.45) is 5.10 Å². The van der Waals surface area contributed by atoms with Crippen molar-refractivity contribution in [3.63, 3.8) is 0 Å². The number of hydrogen-bond donors (Lipinski definition) is 2. The van der Waals surface area contributed by atoms with Gasteiger partial charge in [0, 0.05) is 57.6 Å². The van der Waals surface area contributed by atoms with Gasteiger partial charge < -0.3 is 19.7 Å². The molecule has 5 heterocycles. The number of carbonyl (C=O) groups is 1. The zero-order valence-corrected chi connectivity index (χ0v) is 19.4. The summed E-state index contributed by atoms with van der Waals surface area (Å²) in [5.41, 5.74) is 7.84. The molecular formula is C25H29FN8O. The second-order valence-electron chi connectivity index (χ2n) is 9.31. The maximum absolute atomic E-state index is 13.3. The van der Waals surface area contributed by atoms with Crippen molar-refractivity contribution in [2.75, 3.05) is 31.1 Å². The largest absolute Gasteiger partial charge is 0.353 e. The van der Waals surface area contributed by atoms with Crippen LogP contribution in [0, 0.1) is 5.82 Å². The molecule has 1 aromatic heterocycles. The van der Waals surface area contributed by atoms with Crippen molar-refractivity contribution in [3.05, 3.63) is 72.4 Å². The van der Waals surface area contributed by atoms with Gasteiger partial charge in [-0.2, -0.15) is 5.10 Å². The van der Waals surface area contributed by atoms with Crippen molar-refractivity contribution < 1.29 is 9.18 Å². The predicted octanol–water partition coefficient (Wildman–Crippen LogP) is 2.00. The summed E-state index contributed by atoms with van der Waals surface area (Å²) in [5.74, 6) is 1.79. The van der Waals surface area contributed by atoms with Gasteiger partial charge in [0.25, 0.3) is 0 Å². The van der Waals surface area contributed by atoms with Gasteiger partial charge in [0.15, 0.2) is 0 Å². The van der Waals surface area contributed by atoms with E-state index in [9.17, 15) is 9.18 Å². The van der Waals surface area contributed by atoms with E-state index in [4.69, 9.17) is 0 Å². The molecule has 0 bridgehead atoms. The van der Waals surface area contributed by atoms with E-state index in [0.717, 1.165) is 36.7 Å². The van der Waals surface area contributed by atoms with Crippen molar-refractivity contribution >= 4 is 17.6 Å². The maximum atomic E-state index is 13.3. The van der Waals surface area contributed by atoms with Crippen molar-refractivity contribution in [1.29, 1.82) is 0 Å². The highest BCUT2D eigenvalue weighted by Crippen LogP contribution is 2.34. The lowest BCUT2D eigenvalue weighted by Crippen LogP contribution is -2.54. The molecule has 2 N–H and O–H groups in total. The minimum absolute atomic E-state index is 0.00460. The molecule has 0 spiro atoms. The third-order valence-electron chi connectivity index (χ3n) is 7.26. The first-order valence-corrected chi connectivity index (χ1v) is 12.2. The van der Waals surface area contributed by atoms with Gasteiger partial charge in [0.2, 0.25) is 5.91 Å². The molecule has 0 aliphatic carbocycles. The summed E-state index contributed by atoms with van der Waals surface area (Å²) in [5, 5.41) is 6.67. The minimum Gasteiger partial charge on any atom is -0.353 e. The molecule has 1 aromatic carbocycles. The molecule has 4 aliphatic rings. The number of hydrazine groups is 1. The number of amides is 1. The summed E-state index contributed by atoms with van der Waals surface area (Å²) < 4.78 is 13.3. The van der Waals surface area contributed by atoms with Crippen LogP contribution in [0.15, 0.2) is 66.2 Å². The van der Waals surface area contributed by atoms with E-state index in [1.807, 2.05) is 47.6 Å². The lowest BCUT2D eigenvalue weighted by Gasteiger charge is -2.37. The molecule has 6 rings (SSSR count). The Morgan fingerprint density at radius 1 is 1.06 bits per heavy atom. The van der Waals surface area contributed by atoms with E-state index < -0.39 is 0 Å². The number of hydrogen-bond acceptors (Lipinski definition) is 8. The second kappa shape index (κ2) is 9.18. The van der Waals surface area contributed by atoms with E-state index in [2.05, 4.69) is 35.7 Å². The number of nitrogens with one attached hydrogen (secondary N) is 2. The molecular weight excluding hydrogens is 447 g/mol. The fourth-order valence-electron chi connectivity index (χ4n) is 5.33. The normalized spacial score (nSPS) is 25.3. The highest BCUT2D eigenvalue weighted by Gasteiger charge is 2.44. The molecule has 2 fully saturated rings. The van der Waals surface area contributed by atoms with E-state index in [1.165, 1.54) is 12.1 Å². The lowest BCUT2D eigenvalue weighted by atomic mass is 9.99. The summed E-state index contributed by atoms with van der Waals surface area (Å²) in [6.07, 6.45) is 7.73. The number of carbonyl (C=O) groups excluding carboxylic acids is 1. The summed E-state index contributed by atoms with van der Waals surface area (Å²) in [4.78, 5) is 23.6. The average molecular weight is 477 g/mol. The Hall–Kier alpha value is -3.66. The Morgan fingerprint density at radius 2 is 1.89 bits per heavy atom. The van der Waals surface area contributed by atoms with Crippen molar-refractivity contribution in [3.8, 4) is 0 Å². The zero-order chi connectivity index (χ0) is 23.8. The molecule has 35 heavy (non-hydrogen) atoms. The van der Waals surface area contributed by atoms with Gasteiger partial charge in [-0.15, -0.1) is 0 Å². The van der Waals surface area contributed by atoms with Gasteiger partial charge in [-0.05, 0) is 36.2 Å². The minimum atomic E-state index is -0.226. The number of amidine groups is 1. The monoisotopic (exact) mass is 476 g/mol. The Balaban J connectivity index is 1.01. The molecule has 4 aliphatic heterocycles. The number of halogens is 1. The maximum Gasteiger partial charge on any atom is 0.223 e. The number of pyridine rings is 1. The second-order valence-corrected chi connectivity index (χ2v) is 9.31. The third kappa shape index (κ3) is 4.29. The molecule has 0 saturated carbocycles. The molecule has 3 atom stereocenters. The summed E-state index contributed by atoms with van der Waals surface area (Å²) in [6, 6.07) is 12.9. The number of fused-ring (bicyclic) bond motifs is 3. The van der Waals surface area contributed by atoms with E-state index in [-0.39, 0.29) is 30.0 Å². The Kier molecular flexibility index (Phi) is 5.73. The highest BCUT2D eigenvalue weighted by atomic mass is 19.1. The highest BCUT2D eigenvalue weighted by molar-refractivity contribution is 5.89. The number of nitrogens with zero attached hydrogens (tertiary/aromatic N) is 6. The number of hydrazone groups is 1. The summed E-state index contributed by atoms with van der Waals surface area (Å²) in [6.45, 7) is 3.00. The molecule has 9 nitrogen and oxygen atoms in total. The van der Waals surface area contributed by atoms with Gasteiger partial charge in [-0.1, -0.05) is 18.2 Å². The van der Waals surface area contributed by atoms with Crippen LogP contribution >= 0.6 is 0 Å². The standard InChI is InChI=1S/C25H29FN8O/c26-19-6-4-18(5-7-19)20-17-21-25-29-28-23(33(25)15-16-34(21)30-20)8-9-24(35)32-13-11-31(12-14-32)22-3-1-2-10-27-22/h1-7,10,15-16,20-21,25,29-30H,8-9,11-14,17H2. The van der Waals surface area contributed by atoms with Gasteiger partial charge in [-0.25, -0.2) is 14.8 Å². The Morgan fingerprint density at radius 3 is 2.66 bits per heavy atom. The van der Waals surface area contributed by atoms with Crippen LogP contribution < -0.4 is 15.8 Å². The van der Waals surface area contributed by atoms with E-state index in [1.54, 1.807) is 6.20 Å². The van der Waals surface area contributed by atoms with Gasteiger partial charge in [0.05, 0.1) is 12.1 Å². The SMILES string of the molecule is O=C(CCC1=NNC2C3CC(c4ccc(F)cc4)NN3C=CN12)N1CCN(c2ccccn2)CC1. The van der Waals surface area contributed by atoms with E-state index >= 15 is 0 Å². The first-order chi connectivity index (χ1) is 17.2. The number of benzene rings is 1. The number of anilines is 1. The molecule has 0 radical (unpaired) electrons. The lowest BCUT2D eigenvalue weighted by molar-refractivity contribution is -0.131.